The molecular formula is C23H33N5O5S. The number of sulfonamides is 1. The van der Waals surface area contributed by atoms with E-state index in [1.165, 1.54) is 25.9 Å². The maximum atomic E-state index is 13.1. The molecule has 0 bridgehead atoms. The number of rotatable bonds is 9. The number of piperidine rings is 1. The first-order valence-electron chi connectivity index (χ1n) is 11.7. The van der Waals surface area contributed by atoms with E-state index in [1.54, 1.807) is 19.1 Å². The van der Waals surface area contributed by atoms with E-state index in [-0.39, 0.29) is 35.3 Å². The lowest BCUT2D eigenvalue weighted by Crippen LogP contribution is -2.41. The van der Waals surface area contributed by atoms with Crippen LogP contribution < -0.4 is 21.9 Å². The van der Waals surface area contributed by atoms with Gasteiger partial charge in [0.2, 0.25) is 15.9 Å². The SMILES string of the molecule is CCCCn1c(N)c(N(CC)C(=O)Cc2ccc(S(=O)(=O)N3CCCCC3)cc2)c(=O)[nH]c1=O. The van der Waals surface area contributed by atoms with Gasteiger partial charge in [0.1, 0.15) is 5.82 Å². The molecule has 1 aromatic heterocycles. The van der Waals surface area contributed by atoms with Crippen LogP contribution in [0.1, 0.15) is 51.5 Å². The monoisotopic (exact) mass is 491 g/mol. The molecule has 1 amide bonds. The molecule has 0 atom stereocenters. The molecule has 0 saturated carbocycles. The van der Waals surface area contributed by atoms with Gasteiger partial charge in [0.15, 0.2) is 5.69 Å². The van der Waals surface area contributed by atoms with Crippen molar-refractivity contribution in [2.45, 2.75) is 63.8 Å². The minimum Gasteiger partial charge on any atom is -0.383 e. The number of benzene rings is 1. The Labute approximate surface area is 199 Å². The van der Waals surface area contributed by atoms with Crippen LogP contribution in [0.4, 0.5) is 11.5 Å². The number of amides is 1. The number of nitrogens with zero attached hydrogens (tertiary/aromatic N) is 3. The predicted molar refractivity (Wildman–Crippen MR) is 131 cm³/mol. The second kappa shape index (κ2) is 11.0. The fourth-order valence-corrected chi connectivity index (χ4v) is 5.66. The first kappa shape index (κ1) is 25.7. The van der Waals surface area contributed by atoms with Crippen LogP contribution in [0.2, 0.25) is 0 Å². The highest BCUT2D eigenvalue weighted by Gasteiger charge is 2.26. The van der Waals surface area contributed by atoms with Crippen LogP contribution in [0.25, 0.3) is 0 Å². The number of nitrogens with two attached hydrogens (primary N) is 1. The Morgan fingerprint density at radius 2 is 1.74 bits per heavy atom. The Morgan fingerprint density at radius 3 is 2.32 bits per heavy atom. The normalized spacial score (nSPS) is 14.8. The molecule has 1 saturated heterocycles. The molecular weight excluding hydrogens is 458 g/mol. The van der Waals surface area contributed by atoms with E-state index in [0.29, 0.717) is 31.6 Å². The number of anilines is 2. The van der Waals surface area contributed by atoms with Crippen molar-refractivity contribution in [1.82, 2.24) is 13.9 Å². The minimum absolute atomic E-state index is 0.0413. The molecule has 0 unspecified atom stereocenters. The summed E-state index contributed by atoms with van der Waals surface area (Å²) in [5.74, 6) is -0.424. The number of aromatic amines is 1. The number of H-pyrrole nitrogens is 1. The van der Waals surface area contributed by atoms with Crippen molar-refractivity contribution in [3.63, 3.8) is 0 Å². The number of hydrogen-bond acceptors (Lipinski definition) is 6. The lowest BCUT2D eigenvalue weighted by molar-refractivity contribution is -0.117. The standard InChI is InChI=1S/C23H33N5O5S/c1-3-5-15-28-21(24)20(22(30)25-23(28)31)27(4-2)19(29)16-17-9-11-18(12-10-17)34(32,33)26-13-7-6-8-14-26/h9-12H,3-8,13-16,24H2,1-2H3,(H,25,30,31). The molecule has 0 radical (unpaired) electrons. The van der Waals surface area contributed by atoms with E-state index in [1.807, 2.05) is 6.92 Å². The summed E-state index contributed by atoms with van der Waals surface area (Å²) in [6, 6.07) is 6.24. The summed E-state index contributed by atoms with van der Waals surface area (Å²) in [5, 5.41) is 0. The molecule has 3 N–H and O–H groups in total. The lowest BCUT2D eigenvalue weighted by Gasteiger charge is -2.26. The van der Waals surface area contributed by atoms with Crippen molar-refractivity contribution in [2.24, 2.45) is 0 Å². The molecule has 186 valence electrons. The highest BCUT2D eigenvalue weighted by atomic mass is 32.2. The smallest absolute Gasteiger partial charge is 0.330 e. The first-order valence-corrected chi connectivity index (χ1v) is 13.2. The third-order valence-corrected chi connectivity index (χ3v) is 7.98. The fourth-order valence-electron chi connectivity index (χ4n) is 4.14. The third-order valence-electron chi connectivity index (χ3n) is 6.07. The third kappa shape index (κ3) is 5.41. The quantitative estimate of drug-likeness (QED) is 0.547. The van der Waals surface area contributed by atoms with Gasteiger partial charge in [0.25, 0.3) is 5.56 Å². The summed E-state index contributed by atoms with van der Waals surface area (Å²) in [5.41, 5.74) is 5.39. The predicted octanol–water partition coefficient (Wildman–Crippen LogP) is 1.69. The molecule has 3 rings (SSSR count). The van der Waals surface area contributed by atoms with E-state index >= 15 is 0 Å². The van der Waals surface area contributed by atoms with Crippen LogP contribution in [-0.2, 0) is 27.8 Å². The summed E-state index contributed by atoms with van der Waals surface area (Å²) in [6.45, 7) is 5.24. The number of likely N-dealkylation sites (N-methyl/N-ethyl adjacent to an activating group) is 1. The average Bonchev–Trinajstić information content (AvgIpc) is 2.82. The van der Waals surface area contributed by atoms with Gasteiger partial charge in [-0.1, -0.05) is 31.9 Å². The van der Waals surface area contributed by atoms with Crippen molar-refractivity contribution >= 4 is 27.4 Å². The Hall–Kier alpha value is -2.92. The number of nitrogens with one attached hydrogen (secondary N) is 1. The zero-order chi connectivity index (χ0) is 24.9. The molecule has 0 aliphatic carbocycles. The van der Waals surface area contributed by atoms with Crippen molar-refractivity contribution in [3.05, 3.63) is 50.7 Å². The number of nitrogen functional groups attached to an aromatic ring is 1. The average molecular weight is 492 g/mol. The molecule has 2 heterocycles. The van der Waals surface area contributed by atoms with Gasteiger partial charge in [-0.3, -0.25) is 19.1 Å². The van der Waals surface area contributed by atoms with Crippen LogP contribution in [0, 0.1) is 0 Å². The van der Waals surface area contributed by atoms with Crippen LogP contribution in [-0.4, -0.2) is 47.8 Å². The molecule has 1 aliphatic heterocycles. The van der Waals surface area contributed by atoms with Gasteiger partial charge in [-0.25, -0.2) is 13.2 Å². The van der Waals surface area contributed by atoms with E-state index in [4.69, 9.17) is 5.73 Å². The Bertz CT molecular complexity index is 1230. The molecule has 0 spiro atoms. The highest BCUT2D eigenvalue weighted by molar-refractivity contribution is 7.89. The van der Waals surface area contributed by atoms with Gasteiger partial charge in [-0.05, 0) is 43.9 Å². The summed E-state index contributed by atoms with van der Waals surface area (Å²) >= 11 is 0. The topological polar surface area (TPSA) is 139 Å². The molecule has 2 aromatic rings. The number of carbonyl (C=O) groups is 1. The van der Waals surface area contributed by atoms with E-state index in [2.05, 4.69) is 4.98 Å². The van der Waals surface area contributed by atoms with Crippen molar-refractivity contribution in [3.8, 4) is 0 Å². The fraction of sp³-hybridized carbons (Fsp3) is 0.522. The Kier molecular flexibility index (Phi) is 8.32. The summed E-state index contributed by atoms with van der Waals surface area (Å²) in [7, 11) is -3.56. The Balaban J connectivity index is 1.82. The largest absolute Gasteiger partial charge is 0.383 e. The number of unbranched alkanes of at least 4 members (excludes halogenated alkanes) is 1. The Morgan fingerprint density at radius 1 is 1.09 bits per heavy atom. The molecule has 1 aromatic carbocycles. The lowest BCUT2D eigenvalue weighted by atomic mass is 10.1. The second-order valence-corrected chi connectivity index (χ2v) is 10.4. The van der Waals surface area contributed by atoms with Gasteiger partial charge < -0.3 is 10.6 Å². The van der Waals surface area contributed by atoms with E-state index < -0.39 is 21.3 Å². The summed E-state index contributed by atoms with van der Waals surface area (Å²) in [6.07, 6.45) is 4.22. The highest BCUT2D eigenvalue weighted by Crippen LogP contribution is 2.22. The maximum Gasteiger partial charge on any atom is 0.330 e. The molecule has 34 heavy (non-hydrogen) atoms. The van der Waals surface area contributed by atoms with Crippen LogP contribution in [0.15, 0.2) is 38.8 Å². The van der Waals surface area contributed by atoms with Crippen molar-refractivity contribution in [2.75, 3.05) is 30.3 Å². The van der Waals surface area contributed by atoms with E-state index in [9.17, 15) is 22.8 Å². The number of carbonyl (C=O) groups excluding carboxylic acids is 1. The number of aromatic nitrogens is 2. The maximum absolute atomic E-state index is 13.1. The van der Waals surface area contributed by atoms with Crippen LogP contribution in [0.3, 0.4) is 0 Å². The molecule has 1 aliphatic rings. The zero-order valence-corrected chi connectivity index (χ0v) is 20.6. The van der Waals surface area contributed by atoms with Crippen LogP contribution in [0.5, 0.6) is 0 Å². The van der Waals surface area contributed by atoms with Gasteiger partial charge >= 0.3 is 5.69 Å². The van der Waals surface area contributed by atoms with Crippen LogP contribution >= 0.6 is 0 Å². The van der Waals surface area contributed by atoms with Gasteiger partial charge in [-0.15, -0.1) is 0 Å². The van der Waals surface area contributed by atoms with Crippen molar-refractivity contribution in [1.29, 1.82) is 0 Å². The minimum atomic E-state index is -3.56. The van der Waals surface area contributed by atoms with E-state index in [0.717, 1.165) is 25.7 Å². The van der Waals surface area contributed by atoms with Gasteiger partial charge in [0.05, 0.1) is 11.3 Å². The first-order chi connectivity index (χ1) is 16.2. The summed E-state index contributed by atoms with van der Waals surface area (Å²) in [4.78, 5) is 41.5. The zero-order valence-electron chi connectivity index (χ0n) is 19.7. The molecule has 10 nitrogen and oxygen atoms in total. The van der Waals surface area contributed by atoms with Gasteiger partial charge in [0, 0.05) is 26.2 Å². The summed E-state index contributed by atoms with van der Waals surface area (Å²) < 4.78 is 28.5. The van der Waals surface area contributed by atoms with Gasteiger partial charge in [-0.2, -0.15) is 4.31 Å². The molecule has 1 fully saturated rings. The second-order valence-electron chi connectivity index (χ2n) is 8.42. The molecule has 11 heteroatoms. The number of hydrogen-bond donors (Lipinski definition) is 2. The van der Waals surface area contributed by atoms with Crippen molar-refractivity contribution < 1.29 is 13.2 Å².